The molecule has 2 rings (SSSR count). The second kappa shape index (κ2) is 10.7. The summed E-state index contributed by atoms with van der Waals surface area (Å²) in [6.45, 7) is 0.302. The van der Waals surface area contributed by atoms with Crippen molar-refractivity contribution in [2.24, 2.45) is 17.6 Å². The van der Waals surface area contributed by atoms with Crippen molar-refractivity contribution in [2.45, 2.75) is 38.5 Å². The van der Waals surface area contributed by atoms with Gasteiger partial charge in [-0.2, -0.15) is 0 Å². The average Bonchev–Trinajstić information content (AvgIpc) is 2.71. The van der Waals surface area contributed by atoms with Gasteiger partial charge < -0.3 is 19.9 Å². The monoisotopic (exact) mass is 377 g/mol. The number of esters is 3. The van der Waals surface area contributed by atoms with Crippen LogP contribution in [0.3, 0.4) is 0 Å². The summed E-state index contributed by atoms with van der Waals surface area (Å²) in [5, 5.41) is 0. The summed E-state index contributed by atoms with van der Waals surface area (Å²) in [6.07, 6.45) is 4.22. The predicted octanol–water partition coefficient (Wildman–Crippen LogP) is 2.01. The maximum atomic E-state index is 12.3. The van der Waals surface area contributed by atoms with E-state index in [4.69, 9.17) is 15.2 Å². The molecule has 0 saturated heterocycles. The fourth-order valence-corrected chi connectivity index (χ4v) is 3.07. The quantitative estimate of drug-likeness (QED) is 0.546. The van der Waals surface area contributed by atoms with E-state index in [1.165, 1.54) is 7.11 Å². The van der Waals surface area contributed by atoms with E-state index in [1.54, 1.807) is 12.1 Å². The predicted molar refractivity (Wildman–Crippen MR) is 97.9 cm³/mol. The van der Waals surface area contributed by atoms with E-state index in [0.29, 0.717) is 24.6 Å². The highest BCUT2D eigenvalue weighted by molar-refractivity contribution is 5.76. The molecule has 148 valence electrons. The smallest absolute Gasteiger partial charge is 0.344 e. The molecule has 0 unspecified atom stereocenters. The lowest BCUT2D eigenvalue weighted by atomic mass is 9.82. The molecule has 1 aromatic rings. The number of aryl methyl sites for hydroxylation is 1. The van der Waals surface area contributed by atoms with Crippen LogP contribution in [0.5, 0.6) is 5.75 Å². The molecule has 0 aromatic heterocycles. The van der Waals surface area contributed by atoms with Gasteiger partial charge in [-0.15, -0.1) is 0 Å². The number of ether oxygens (including phenoxy) is 3. The topological polar surface area (TPSA) is 105 Å². The molecule has 1 saturated carbocycles. The molecule has 0 bridgehead atoms. The number of benzene rings is 1. The number of methoxy groups -OCH3 is 1. The standard InChI is InChI=1S/C20H27NO6/c1-25-19(23)13-26-18(22)11-6-14-4-9-17(10-5-14)27-20(24)16-7-2-15(12-21)3-8-16/h4-5,9-10,15-16H,2-3,6-8,11-13,21H2,1H3. The van der Waals surface area contributed by atoms with Gasteiger partial charge in [0.2, 0.25) is 0 Å². The van der Waals surface area contributed by atoms with Gasteiger partial charge in [0.25, 0.3) is 0 Å². The first-order chi connectivity index (χ1) is 13.0. The molecule has 1 aliphatic carbocycles. The van der Waals surface area contributed by atoms with Crippen LogP contribution in [-0.2, 0) is 30.3 Å². The molecule has 0 amide bonds. The molecule has 7 heteroatoms. The summed E-state index contributed by atoms with van der Waals surface area (Å²) >= 11 is 0. The fourth-order valence-electron chi connectivity index (χ4n) is 3.07. The van der Waals surface area contributed by atoms with E-state index >= 15 is 0 Å². The van der Waals surface area contributed by atoms with Crippen LogP contribution in [0.4, 0.5) is 0 Å². The zero-order chi connectivity index (χ0) is 19.6. The highest BCUT2D eigenvalue weighted by Gasteiger charge is 2.27. The molecule has 0 heterocycles. The molecule has 1 aliphatic rings. The third kappa shape index (κ3) is 7.02. The maximum absolute atomic E-state index is 12.3. The van der Waals surface area contributed by atoms with Crippen molar-refractivity contribution in [3.05, 3.63) is 29.8 Å². The highest BCUT2D eigenvalue weighted by atomic mass is 16.6. The van der Waals surface area contributed by atoms with Gasteiger partial charge in [0.05, 0.1) is 13.0 Å². The lowest BCUT2D eigenvalue weighted by Crippen LogP contribution is -2.28. The van der Waals surface area contributed by atoms with Gasteiger partial charge in [-0.25, -0.2) is 4.79 Å². The van der Waals surface area contributed by atoms with Crippen LogP contribution >= 0.6 is 0 Å². The van der Waals surface area contributed by atoms with Crippen LogP contribution in [-0.4, -0.2) is 38.2 Å². The van der Waals surface area contributed by atoms with Crippen molar-refractivity contribution in [3.8, 4) is 5.75 Å². The number of hydrogen-bond donors (Lipinski definition) is 1. The number of rotatable bonds is 8. The van der Waals surface area contributed by atoms with Crippen LogP contribution < -0.4 is 10.5 Å². The van der Waals surface area contributed by atoms with Crippen molar-refractivity contribution in [1.29, 1.82) is 0 Å². The van der Waals surface area contributed by atoms with Gasteiger partial charge in [0.1, 0.15) is 5.75 Å². The minimum absolute atomic E-state index is 0.0583. The summed E-state index contributed by atoms with van der Waals surface area (Å²) in [5.74, 6) is -0.290. The molecule has 2 N–H and O–H groups in total. The summed E-state index contributed by atoms with van der Waals surface area (Å²) in [5.41, 5.74) is 6.59. The highest BCUT2D eigenvalue weighted by Crippen LogP contribution is 2.29. The molecular weight excluding hydrogens is 350 g/mol. The maximum Gasteiger partial charge on any atom is 0.344 e. The second-order valence-electron chi connectivity index (χ2n) is 6.76. The first-order valence-electron chi connectivity index (χ1n) is 9.25. The summed E-state index contributed by atoms with van der Waals surface area (Å²) < 4.78 is 14.7. The van der Waals surface area contributed by atoms with E-state index < -0.39 is 11.9 Å². The zero-order valence-electron chi connectivity index (χ0n) is 15.6. The van der Waals surface area contributed by atoms with Gasteiger partial charge in [0, 0.05) is 6.42 Å². The minimum Gasteiger partial charge on any atom is -0.466 e. The van der Waals surface area contributed by atoms with Gasteiger partial charge in [-0.1, -0.05) is 12.1 Å². The summed E-state index contributed by atoms with van der Waals surface area (Å²) in [7, 11) is 1.23. The van der Waals surface area contributed by atoms with Crippen LogP contribution in [0, 0.1) is 11.8 Å². The molecule has 1 fully saturated rings. The molecule has 0 aliphatic heterocycles. The van der Waals surface area contributed by atoms with E-state index in [0.717, 1.165) is 31.2 Å². The Morgan fingerprint density at radius 3 is 2.30 bits per heavy atom. The number of nitrogens with two attached hydrogens (primary N) is 1. The van der Waals surface area contributed by atoms with Gasteiger partial charge >= 0.3 is 17.9 Å². The van der Waals surface area contributed by atoms with Crippen LogP contribution in [0.1, 0.15) is 37.7 Å². The Balaban J connectivity index is 1.74. The second-order valence-corrected chi connectivity index (χ2v) is 6.76. The van der Waals surface area contributed by atoms with Gasteiger partial charge in [-0.3, -0.25) is 9.59 Å². The third-order valence-electron chi connectivity index (χ3n) is 4.85. The number of carbonyl (C=O) groups excluding carboxylic acids is 3. The molecular formula is C20H27NO6. The number of carbonyl (C=O) groups is 3. The summed E-state index contributed by atoms with van der Waals surface area (Å²) in [6, 6.07) is 7.06. The molecule has 0 atom stereocenters. The van der Waals surface area contributed by atoms with Crippen molar-refractivity contribution < 1.29 is 28.6 Å². The Labute approximate surface area is 159 Å². The van der Waals surface area contributed by atoms with Crippen LogP contribution in [0.15, 0.2) is 24.3 Å². The zero-order valence-corrected chi connectivity index (χ0v) is 15.6. The van der Waals surface area contributed by atoms with Gasteiger partial charge in [0.15, 0.2) is 6.61 Å². The van der Waals surface area contributed by atoms with Crippen molar-refractivity contribution >= 4 is 17.9 Å². The first kappa shape index (κ1) is 20.9. The first-order valence-corrected chi connectivity index (χ1v) is 9.25. The Hall–Kier alpha value is -2.41. The number of hydrogen-bond acceptors (Lipinski definition) is 7. The Morgan fingerprint density at radius 2 is 1.70 bits per heavy atom. The van der Waals surface area contributed by atoms with E-state index in [9.17, 15) is 14.4 Å². The van der Waals surface area contributed by atoms with Crippen LogP contribution in [0.25, 0.3) is 0 Å². The van der Waals surface area contributed by atoms with Gasteiger partial charge in [-0.05, 0) is 62.3 Å². The Kier molecular flexibility index (Phi) is 8.26. The van der Waals surface area contributed by atoms with Crippen LogP contribution in [0.2, 0.25) is 0 Å². The normalized spacial score (nSPS) is 19.2. The van der Waals surface area contributed by atoms with Crippen molar-refractivity contribution in [2.75, 3.05) is 20.3 Å². The largest absolute Gasteiger partial charge is 0.466 e. The lowest BCUT2D eigenvalue weighted by molar-refractivity contribution is -0.156. The lowest BCUT2D eigenvalue weighted by Gasteiger charge is -2.26. The van der Waals surface area contributed by atoms with E-state index in [1.807, 2.05) is 12.1 Å². The molecule has 0 spiro atoms. The van der Waals surface area contributed by atoms with E-state index in [-0.39, 0.29) is 24.9 Å². The van der Waals surface area contributed by atoms with Crippen molar-refractivity contribution in [1.82, 2.24) is 0 Å². The Bertz CT molecular complexity index is 634. The molecule has 27 heavy (non-hydrogen) atoms. The molecule has 7 nitrogen and oxygen atoms in total. The minimum atomic E-state index is -0.592. The van der Waals surface area contributed by atoms with Crippen molar-refractivity contribution in [3.63, 3.8) is 0 Å². The third-order valence-corrected chi connectivity index (χ3v) is 4.85. The summed E-state index contributed by atoms with van der Waals surface area (Å²) in [4.78, 5) is 34.7. The fraction of sp³-hybridized carbons (Fsp3) is 0.550. The Morgan fingerprint density at radius 1 is 1.04 bits per heavy atom. The molecule has 1 aromatic carbocycles. The SMILES string of the molecule is COC(=O)COC(=O)CCc1ccc(OC(=O)C2CCC(CN)CC2)cc1. The molecule has 0 radical (unpaired) electrons. The average molecular weight is 377 g/mol. The van der Waals surface area contributed by atoms with E-state index in [2.05, 4.69) is 4.74 Å².